The summed E-state index contributed by atoms with van der Waals surface area (Å²) in [6.45, 7) is 4.15. The van der Waals surface area contributed by atoms with Crippen LogP contribution in [-0.2, 0) is 17.6 Å². The fourth-order valence-electron chi connectivity index (χ4n) is 2.37. The summed E-state index contributed by atoms with van der Waals surface area (Å²) in [7, 11) is 0. The molecule has 2 aromatic carbocycles. The Balaban J connectivity index is 2.18. The van der Waals surface area contributed by atoms with Crippen molar-refractivity contribution in [2.45, 2.75) is 26.7 Å². The number of hydrogen-bond donors (Lipinski definition) is 1. The summed E-state index contributed by atoms with van der Waals surface area (Å²) in [5.41, 5.74) is 3.94. The molecule has 4 heteroatoms. The second-order valence-corrected chi connectivity index (χ2v) is 5.99. The number of halogens is 2. The number of rotatable bonds is 5. The summed E-state index contributed by atoms with van der Waals surface area (Å²) in [4.78, 5) is 12.2. The van der Waals surface area contributed by atoms with Crippen LogP contribution < -0.4 is 5.32 Å². The number of amides is 1. The zero-order chi connectivity index (χ0) is 16.8. The van der Waals surface area contributed by atoms with E-state index < -0.39 is 0 Å². The Morgan fingerprint density at radius 1 is 1.09 bits per heavy atom. The Labute approximate surface area is 147 Å². The van der Waals surface area contributed by atoms with Gasteiger partial charge in [-0.2, -0.15) is 0 Å². The molecule has 23 heavy (non-hydrogen) atoms. The van der Waals surface area contributed by atoms with Gasteiger partial charge in [0.25, 0.3) is 0 Å². The Hall–Kier alpha value is -1.77. The molecule has 0 unspecified atom stereocenters. The lowest BCUT2D eigenvalue weighted by Gasteiger charge is -2.13. The van der Waals surface area contributed by atoms with E-state index in [0.29, 0.717) is 10.0 Å². The molecule has 0 aliphatic carbocycles. The van der Waals surface area contributed by atoms with Gasteiger partial charge in [-0.3, -0.25) is 4.79 Å². The highest BCUT2D eigenvalue weighted by atomic mass is 35.5. The topological polar surface area (TPSA) is 29.1 Å². The van der Waals surface area contributed by atoms with Gasteiger partial charge in [0.1, 0.15) is 0 Å². The molecule has 0 saturated carbocycles. The number of benzene rings is 2. The van der Waals surface area contributed by atoms with Crippen LogP contribution in [0.5, 0.6) is 0 Å². The molecule has 2 aromatic rings. The summed E-state index contributed by atoms with van der Waals surface area (Å²) < 4.78 is 0. The van der Waals surface area contributed by atoms with Gasteiger partial charge in [-0.25, -0.2) is 0 Å². The van der Waals surface area contributed by atoms with Crippen LogP contribution in [-0.4, -0.2) is 5.91 Å². The van der Waals surface area contributed by atoms with E-state index in [0.717, 1.165) is 35.2 Å². The molecule has 0 bridgehead atoms. The first-order valence-corrected chi connectivity index (χ1v) is 8.35. The monoisotopic (exact) mass is 347 g/mol. The van der Waals surface area contributed by atoms with E-state index in [9.17, 15) is 4.79 Å². The summed E-state index contributed by atoms with van der Waals surface area (Å²) >= 11 is 12.0. The Kier molecular flexibility index (Phi) is 6.26. The Bertz CT molecular complexity index is 716. The third-order valence-electron chi connectivity index (χ3n) is 3.62. The summed E-state index contributed by atoms with van der Waals surface area (Å²) in [6.07, 6.45) is 4.92. The van der Waals surface area contributed by atoms with Crippen LogP contribution in [0.4, 0.5) is 5.69 Å². The van der Waals surface area contributed by atoms with Crippen molar-refractivity contribution in [1.29, 1.82) is 0 Å². The average molecular weight is 348 g/mol. The fourth-order valence-corrected chi connectivity index (χ4v) is 2.84. The van der Waals surface area contributed by atoms with Crippen molar-refractivity contribution in [1.82, 2.24) is 0 Å². The molecule has 0 radical (unpaired) electrons. The molecular formula is C19H19Cl2NO. The molecule has 2 rings (SSSR count). The van der Waals surface area contributed by atoms with Crippen LogP contribution in [0, 0.1) is 0 Å². The maximum absolute atomic E-state index is 12.2. The predicted molar refractivity (Wildman–Crippen MR) is 99.3 cm³/mol. The minimum absolute atomic E-state index is 0.174. The minimum Gasteiger partial charge on any atom is -0.322 e. The van der Waals surface area contributed by atoms with E-state index in [2.05, 4.69) is 19.2 Å². The van der Waals surface area contributed by atoms with Crippen molar-refractivity contribution in [2.75, 3.05) is 5.32 Å². The molecule has 2 nitrogen and oxygen atoms in total. The van der Waals surface area contributed by atoms with E-state index in [1.807, 2.05) is 18.2 Å². The van der Waals surface area contributed by atoms with Crippen molar-refractivity contribution in [3.63, 3.8) is 0 Å². The number of carbonyl (C=O) groups is 1. The maximum Gasteiger partial charge on any atom is 0.248 e. The molecule has 0 spiro atoms. The number of carbonyl (C=O) groups excluding carboxylic acids is 1. The van der Waals surface area contributed by atoms with E-state index in [4.69, 9.17) is 23.2 Å². The van der Waals surface area contributed by atoms with Gasteiger partial charge in [0, 0.05) is 21.8 Å². The van der Waals surface area contributed by atoms with Crippen LogP contribution in [0.1, 0.15) is 30.5 Å². The quantitative estimate of drug-likeness (QED) is 0.683. The third-order valence-corrected chi connectivity index (χ3v) is 4.19. The highest BCUT2D eigenvalue weighted by Crippen LogP contribution is 2.24. The molecule has 0 aliphatic heterocycles. The van der Waals surface area contributed by atoms with E-state index in [-0.39, 0.29) is 5.91 Å². The number of aryl methyl sites for hydroxylation is 2. The lowest BCUT2D eigenvalue weighted by atomic mass is 10.0. The smallest absolute Gasteiger partial charge is 0.248 e. The molecule has 0 saturated heterocycles. The third kappa shape index (κ3) is 4.60. The molecule has 120 valence electrons. The molecule has 0 heterocycles. The number of para-hydroxylation sites is 1. The first kappa shape index (κ1) is 17.6. The van der Waals surface area contributed by atoms with Crippen molar-refractivity contribution in [2.24, 2.45) is 0 Å². The van der Waals surface area contributed by atoms with Gasteiger partial charge in [-0.05, 0) is 47.7 Å². The minimum atomic E-state index is -0.174. The molecule has 0 aromatic heterocycles. The average Bonchev–Trinajstić information content (AvgIpc) is 2.54. The van der Waals surface area contributed by atoms with Gasteiger partial charge < -0.3 is 5.32 Å². The predicted octanol–water partition coefficient (Wildman–Crippen LogP) is 5.77. The van der Waals surface area contributed by atoms with Gasteiger partial charge in [-0.1, -0.05) is 61.3 Å². The molecular weight excluding hydrogens is 329 g/mol. The molecule has 0 atom stereocenters. The van der Waals surface area contributed by atoms with Crippen LogP contribution >= 0.6 is 23.2 Å². The first-order valence-electron chi connectivity index (χ1n) is 7.60. The van der Waals surface area contributed by atoms with Gasteiger partial charge in [0.05, 0.1) is 0 Å². The maximum atomic E-state index is 12.2. The van der Waals surface area contributed by atoms with Crippen LogP contribution in [0.2, 0.25) is 10.0 Å². The second-order valence-electron chi connectivity index (χ2n) is 5.15. The lowest BCUT2D eigenvalue weighted by molar-refractivity contribution is -0.111. The molecule has 0 aliphatic rings. The van der Waals surface area contributed by atoms with Gasteiger partial charge in [0.2, 0.25) is 5.91 Å². The van der Waals surface area contributed by atoms with E-state index in [1.54, 1.807) is 24.3 Å². The van der Waals surface area contributed by atoms with E-state index >= 15 is 0 Å². The molecule has 1 N–H and O–H groups in total. The van der Waals surface area contributed by atoms with Gasteiger partial charge in [-0.15, -0.1) is 0 Å². The fraction of sp³-hybridized carbons (Fsp3) is 0.211. The van der Waals surface area contributed by atoms with Gasteiger partial charge in [0.15, 0.2) is 0 Å². The zero-order valence-corrected chi connectivity index (χ0v) is 14.7. The van der Waals surface area contributed by atoms with Crippen LogP contribution in [0.3, 0.4) is 0 Å². The lowest BCUT2D eigenvalue weighted by Crippen LogP contribution is -2.11. The largest absolute Gasteiger partial charge is 0.322 e. The van der Waals surface area contributed by atoms with Gasteiger partial charge >= 0.3 is 0 Å². The highest BCUT2D eigenvalue weighted by Gasteiger charge is 2.08. The molecule has 0 fully saturated rings. The summed E-state index contributed by atoms with van der Waals surface area (Å²) in [5, 5.41) is 4.08. The highest BCUT2D eigenvalue weighted by molar-refractivity contribution is 6.35. The summed E-state index contributed by atoms with van der Waals surface area (Å²) in [6, 6.07) is 11.3. The number of anilines is 1. The molecule has 1 amide bonds. The van der Waals surface area contributed by atoms with E-state index in [1.165, 1.54) is 6.08 Å². The SMILES string of the molecule is CCc1cccc(CC)c1NC(=O)/C=C/c1ccc(Cl)cc1Cl. The van der Waals surface area contributed by atoms with Crippen molar-refractivity contribution >= 4 is 40.9 Å². The Morgan fingerprint density at radius 3 is 2.30 bits per heavy atom. The van der Waals surface area contributed by atoms with Crippen LogP contribution in [0.15, 0.2) is 42.5 Å². The van der Waals surface area contributed by atoms with Crippen LogP contribution in [0.25, 0.3) is 6.08 Å². The van der Waals surface area contributed by atoms with Crippen molar-refractivity contribution < 1.29 is 4.79 Å². The zero-order valence-electron chi connectivity index (χ0n) is 13.2. The number of hydrogen-bond acceptors (Lipinski definition) is 1. The normalized spacial score (nSPS) is 11.0. The second kappa shape index (κ2) is 8.19. The van der Waals surface area contributed by atoms with Crippen molar-refractivity contribution in [3.05, 3.63) is 69.2 Å². The Morgan fingerprint density at radius 2 is 1.74 bits per heavy atom. The number of nitrogens with one attached hydrogen (secondary N) is 1. The van der Waals surface area contributed by atoms with Crippen molar-refractivity contribution in [3.8, 4) is 0 Å². The standard InChI is InChI=1S/C19H19Cl2NO/c1-3-13-6-5-7-14(4-2)19(13)22-18(23)11-9-15-8-10-16(20)12-17(15)21/h5-12H,3-4H2,1-2H3,(H,22,23)/b11-9+. The first-order chi connectivity index (χ1) is 11.0. The summed E-state index contributed by atoms with van der Waals surface area (Å²) in [5.74, 6) is -0.174.